The van der Waals surface area contributed by atoms with Crippen LogP contribution >= 0.6 is 0 Å². The second-order valence-electron chi connectivity index (χ2n) is 2.58. The maximum Gasteiger partial charge on any atom is 0.221 e. The third kappa shape index (κ3) is 8.81. The van der Waals surface area contributed by atoms with E-state index in [0.29, 0.717) is 26.1 Å². The van der Waals surface area contributed by atoms with Crippen molar-refractivity contribution in [2.75, 3.05) is 26.8 Å². The van der Waals surface area contributed by atoms with E-state index in [9.17, 15) is 9.59 Å². The van der Waals surface area contributed by atoms with E-state index in [1.165, 1.54) is 6.92 Å². The van der Waals surface area contributed by atoms with Crippen LogP contribution in [-0.2, 0) is 14.3 Å². The molecule has 0 saturated carbocycles. The van der Waals surface area contributed by atoms with Gasteiger partial charge >= 0.3 is 0 Å². The van der Waals surface area contributed by atoms with Crippen molar-refractivity contribution in [3.8, 4) is 0 Å². The largest absolute Gasteiger partial charge is 0.383 e. The van der Waals surface area contributed by atoms with Crippen molar-refractivity contribution in [2.24, 2.45) is 0 Å². The van der Waals surface area contributed by atoms with Gasteiger partial charge in [-0.2, -0.15) is 0 Å². The van der Waals surface area contributed by atoms with Crippen LogP contribution in [0.4, 0.5) is 0 Å². The molecule has 0 rings (SSSR count). The maximum atomic E-state index is 11.0. The molecule has 0 unspecified atom stereocenters. The Morgan fingerprint density at radius 3 is 2.46 bits per heavy atom. The van der Waals surface area contributed by atoms with E-state index in [1.807, 2.05) is 0 Å². The highest BCUT2D eigenvalue weighted by molar-refractivity contribution is 5.77. The fourth-order valence-electron chi connectivity index (χ4n) is 0.733. The lowest BCUT2D eigenvalue weighted by atomic mass is 10.4. The molecule has 0 saturated heterocycles. The minimum absolute atomic E-state index is 0.0780. The molecule has 0 fully saturated rings. The van der Waals surface area contributed by atoms with Crippen LogP contribution in [0.5, 0.6) is 0 Å². The van der Waals surface area contributed by atoms with Gasteiger partial charge in [-0.25, -0.2) is 0 Å². The van der Waals surface area contributed by atoms with Gasteiger partial charge < -0.3 is 15.4 Å². The average Bonchev–Trinajstić information content (AvgIpc) is 2.04. The van der Waals surface area contributed by atoms with E-state index >= 15 is 0 Å². The Labute approximate surface area is 77.8 Å². The number of hydrogen-bond acceptors (Lipinski definition) is 3. The van der Waals surface area contributed by atoms with Crippen LogP contribution < -0.4 is 10.6 Å². The van der Waals surface area contributed by atoms with Crippen LogP contribution in [0, 0.1) is 0 Å². The average molecular weight is 188 g/mol. The van der Waals surface area contributed by atoms with Crippen molar-refractivity contribution in [1.29, 1.82) is 0 Å². The first-order chi connectivity index (χ1) is 6.16. The summed E-state index contributed by atoms with van der Waals surface area (Å²) in [6.07, 6.45) is 0.309. The molecule has 13 heavy (non-hydrogen) atoms. The Morgan fingerprint density at radius 1 is 1.23 bits per heavy atom. The molecule has 2 amide bonds. The van der Waals surface area contributed by atoms with E-state index in [4.69, 9.17) is 4.74 Å². The zero-order chi connectivity index (χ0) is 10.1. The molecule has 0 aromatic rings. The van der Waals surface area contributed by atoms with E-state index in [1.54, 1.807) is 7.11 Å². The summed E-state index contributed by atoms with van der Waals surface area (Å²) in [6.45, 7) is 2.82. The first-order valence-electron chi connectivity index (χ1n) is 4.17. The zero-order valence-corrected chi connectivity index (χ0v) is 8.05. The first-order valence-corrected chi connectivity index (χ1v) is 4.17. The highest BCUT2D eigenvalue weighted by Gasteiger charge is 1.99. The Bertz CT molecular complexity index is 171. The predicted octanol–water partition coefficient (Wildman–Crippen LogP) is -0.725. The quantitative estimate of drug-likeness (QED) is 0.540. The molecule has 76 valence electrons. The molecule has 0 aromatic heterocycles. The van der Waals surface area contributed by atoms with Gasteiger partial charge in [0.15, 0.2) is 0 Å². The summed E-state index contributed by atoms with van der Waals surface area (Å²) in [4.78, 5) is 21.4. The van der Waals surface area contributed by atoms with Gasteiger partial charge in [0, 0.05) is 33.5 Å². The summed E-state index contributed by atoms with van der Waals surface area (Å²) >= 11 is 0. The number of carbonyl (C=O) groups is 2. The molecule has 5 nitrogen and oxygen atoms in total. The van der Waals surface area contributed by atoms with Crippen molar-refractivity contribution < 1.29 is 14.3 Å². The zero-order valence-electron chi connectivity index (χ0n) is 8.05. The van der Waals surface area contributed by atoms with Gasteiger partial charge in [0.1, 0.15) is 0 Å². The second-order valence-corrected chi connectivity index (χ2v) is 2.58. The number of rotatable bonds is 6. The lowest BCUT2D eigenvalue weighted by molar-refractivity contribution is -0.121. The summed E-state index contributed by atoms with van der Waals surface area (Å²) in [7, 11) is 1.57. The minimum atomic E-state index is -0.121. The van der Waals surface area contributed by atoms with E-state index in [2.05, 4.69) is 10.6 Å². The summed E-state index contributed by atoms with van der Waals surface area (Å²) in [6, 6.07) is 0. The summed E-state index contributed by atoms with van der Waals surface area (Å²) in [5, 5.41) is 5.18. The van der Waals surface area contributed by atoms with Crippen LogP contribution in [-0.4, -0.2) is 38.6 Å². The number of ether oxygens (including phenoxy) is 1. The topological polar surface area (TPSA) is 67.4 Å². The molecule has 0 radical (unpaired) electrons. The first kappa shape index (κ1) is 11.9. The third-order valence-electron chi connectivity index (χ3n) is 1.35. The minimum Gasteiger partial charge on any atom is -0.383 e. The smallest absolute Gasteiger partial charge is 0.221 e. The van der Waals surface area contributed by atoms with Gasteiger partial charge in [-0.05, 0) is 0 Å². The number of amides is 2. The summed E-state index contributed by atoms with van der Waals surface area (Å²) in [5.74, 6) is -0.199. The van der Waals surface area contributed by atoms with Gasteiger partial charge in [0.2, 0.25) is 11.8 Å². The SMILES string of the molecule is COCCNC(=O)CCNC(C)=O. The van der Waals surface area contributed by atoms with Gasteiger partial charge in [0.25, 0.3) is 0 Å². The molecular formula is C8H16N2O3. The summed E-state index contributed by atoms with van der Waals surface area (Å²) in [5.41, 5.74) is 0. The van der Waals surface area contributed by atoms with E-state index in [-0.39, 0.29) is 11.8 Å². The molecule has 0 aliphatic rings. The van der Waals surface area contributed by atoms with Crippen molar-refractivity contribution in [2.45, 2.75) is 13.3 Å². The van der Waals surface area contributed by atoms with Crippen molar-refractivity contribution in [1.82, 2.24) is 10.6 Å². The van der Waals surface area contributed by atoms with Gasteiger partial charge in [-0.1, -0.05) is 0 Å². The fraction of sp³-hybridized carbons (Fsp3) is 0.750. The molecule has 0 bridgehead atoms. The van der Waals surface area contributed by atoms with Crippen molar-refractivity contribution in [3.05, 3.63) is 0 Å². The van der Waals surface area contributed by atoms with Crippen molar-refractivity contribution in [3.63, 3.8) is 0 Å². The van der Waals surface area contributed by atoms with E-state index < -0.39 is 0 Å². The molecule has 5 heteroatoms. The monoisotopic (exact) mass is 188 g/mol. The summed E-state index contributed by atoms with van der Waals surface area (Å²) < 4.78 is 4.75. The van der Waals surface area contributed by atoms with Crippen LogP contribution in [0.3, 0.4) is 0 Å². The van der Waals surface area contributed by atoms with Crippen molar-refractivity contribution >= 4 is 11.8 Å². The standard InChI is InChI=1S/C8H16N2O3/c1-7(11)9-4-3-8(12)10-5-6-13-2/h3-6H2,1-2H3,(H,9,11)(H,10,12). The maximum absolute atomic E-state index is 11.0. The van der Waals surface area contributed by atoms with Gasteiger partial charge in [-0.15, -0.1) is 0 Å². The Balaban J connectivity index is 3.25. The van der Waals surface area contributed by atoms with Gasteiger partial charge in [0.05, 0.1) is 6.61 Å². The lowest BCUT2D eigenvalue weighted by Gasteiger charge is -2.04. The predicted molar refractivity (Wildman–Crippen MR) is 48.2 cm³/mol. The molecule has 0 atom stereocenters. The highest BCUT2D eigenvalue weighted by Crippen LogP contribution is 1.77. The lowest BCUT2D eigenvalue weighted by Crippen LogP contribution is -2.31. The number of hydrogen-bond donors (Lipinski definition) is 2. The van der Waals surface area contributed by atoms with Crippen LogP contribution in [0.2, 0.25) is 0 Å². The van der Waals surface area contributed by atoms with Gasteiger partial charge in [-0.3, -0.25) is 9.59 Å². The molecular weight excluding hydrogens is 172 g/mol. The Kier molecular flexibility index (Phi) is 6.91. The molecule has 0 heterocycles. The molecule has 0 aliphatic heterocycles. The number of carbonyl (C=O) groups excluding carboxylic acids is 2. The van der Waals surface area contributed by atoms with Crippen LogP contribution in [0.1, 0.15) is 13.3 Å². The van der Waals surface area contributed by atoms with Crippen LogP contribution in [0.15, 0.2) is 0 Å². The van der Waals surface area contributed by atoms with E-state index in [0.717, 1.165) is 0 Å². The second kappa shape index (κ2) is 7.54. The normalized spacial score (nSPS) is 9.38. The molecule has 0 aliphatic carbocycles. The van der Waals surface area contributed by atoms with Crippen LogP contribution in [0.25, 0.3) is 0 Å². The Morgan fingerprint density at radius 2 is 1.92 bits per heavy atom. The number of methoxy groups -OCH3 is 1. The molecule has 2 N–H and O–H groups in total. The Hall–Kier alpha value is -1.10. The molecule has 0 aromatic carbocycles. The molecule has 0 spiro atoms. The number of nitrogens with one attached hydrogen (secondary N) is 2. The highest BCUT2D eigenvalue weighted by atomic mass is 16.5. The third-order valence-corrected chi connectivity index (χ3v) is 1.35. The fourth-order valence-corrected chi connectivity index (χ4v) is 0.733.